The Morgan fingerprint density at radius 2 is 1.90 bits per heavy atom. The molecule has 2 N–H and O–H groups in total. The van der Waals surface area contributed by atoms with Crippen LogP contribution in [0.25, 0.3) is 28.0 Å². The average molecular weight is 536 g/mol. The van der Waals surface area contributed by atoms with Crippen molar-refractivity contribution in [2.75, 3.05) is 5.32 Å². The molecule has 3 heterocycles. The predicted molar refractivity (Wildman–Crippen MR) is 134 cm³/mol. The fourth-order valence-electron chi connectivity index (χ4n) is 4.81. The first-order valence-electron chi connectivity index (χ1n) is 12.2. The zero-order valence-electron chi connectivity index (χ0n) is 20.3. The van der Waals surface area contributed by atoms with Gasteiger partial charge < -0.3 is 10.3 Å². The maximum Gasteiger partial charge on any atom is 0.248 e. The lowest BCUT2D eigenvalue weighted by Gasteiger charge is -2.08. The molecule has 1 fully saturated rings. The van der Waals surface area contributed by atoms with E-state index in [4.69, 9.17) is 0 Å². The Hall–Kier alpha value is -4.61. The van der Waals surface area contributed by atoms with Gasteiger partial charge in [-0.25, -0.2) is 37.2 Å². The molecule has 39 heavy (non-hydrogen) atoms. The molecule has 5 aromatic rings. The summed E-state index contributed by atoms with van der Waals surface area (Å²) in [4.78, 5) is 28.4. The smallest absolute Gasteiger partial charge is 0.248 e. The standard InChI is InChI=1S/C27H21F4N7O/c28-19-1-3-21(4-2-19)38-13-18(12-34-38)17-7-15(8-20(29)10-17)9-22(39)35-25-23-26(33-14-32-25)37-24(36-23)16-5-6-27(30,31)11-16/h1-4,7-8,10,12-14,16H,5-6,9,11H2,(H2,32,33,35,36,37,39). The highest BCUT2D eigenvalue weighted by Crippen LogP contribution is 2.43. The van der Waals surface area contributed by atoms with E-state index in [1.165, 1.54) is 35.3 Å². The number of nitrogens with one attached hydrogen (secondary N) is 2. The van der Waals surface area contributed by atoms with Crippen LogP contribution < -0.4 is 5.32 Å². The Morgan fingerprint density at radius 1 is 1.08 bits per heavy atom. The quantitative estimate of drug-likeness (QED) is 0.277. The molecule has 0 radical (unpaired) electrons. The second-order valence-electron chi connectivity index (χ2n) is 9.56. The van der Waals surface area contributed by atoms with Gasteiger partial charge in [-0.2, -0.15) is 5.10 Å². The van der Waals surface area contributed by atoms with E-state index in [9.17, 15) is 22.4 Å². The molecule has 12 heteroatoms. The normalized spacial score (nSPS) is 16.6. The topological polar surface area (TPSA) is 101 Å². The van der Waals surface area contributed by atoms with Crippen LogP contribution in [0.3, 0.4) is 0 Å². The summed E-state index contributed by atoms with van der Waals surface area (Å²) in [5.74, 6) is -3.97. The van der Waals surface area contributed by atoms with Gasteiger partial charge in [0.1, 0.15) is 29.3 Å². The Morgan fingerprint density at radius 3 is 2.67 bits per heavy atom. The number of carbonyl (C=O) groups is 1. The van der Waals surface area contributed by atoms with Gasteiger partial charge in [-0.15, -0.1) is 0 Å². The molecule has 1 amide bonds. The second-order valence-corrected chi connectivity index (χ2v) is 9.56. The largest absolute Gasteiger partial charge is 0.337 e. The van der Waals surface area contributed by atoms with E-state index in [-0.39, 0.29) is 36.5 Å². The SMILES string of the molecule is O=C(Cc1cc(F)cc(-c2cnn(-c3ccc(F)cc3)c2)c1)Nc1ncnc2nc(C3CCC(F)(F)C3)[nH]c12. The molecule has 1 saturated carbocycles. The van der Waals surface area contributed by atoms with E-state index in [0.717, 1.165) is 0 Å². The zero-order valence-corrected chi connectivity index (χ0v) is 20.3. The number of imidazole rings is 1. The summed E-state index contributed by atoms with van der Waals surface area (Å²) in [6, 6.07) is 10.1. The van der Waals surface area contributed by atoms with Crippen molar-refractivity contribution in [2.45, 2.75) is 37.5 Å². The Balaban J connectivity index is 1.19. The first-order chi connectivity index (χ1) is 18.7. The predicted octanol–water partition coefficient (Wildman–Crippen LogP) is 5.57. The van der Waals surface area contributed by atoms with Crippen molar-refractivity contribution >= 4 is 22.9 Å². The van der Waals surface area contributed by atoms with Gasteiger partial charge in [0.2, 0.25) is 11.8 Å². The molecule has 1 aliphatic rings. The zero-order chi connectivity index (χ0) is 27.1. The number of alkyl halides is 2. The van der Waals surface area contributed by atoms with Crippen molar-refractivity contribution in [3.63, 3.8) is 0 Å². The molecule has 3 aromatic heterocycles. The highest BCUT2D eigenvalue weighted by molar-refractivity contribution is 5.97. The van der Waals surface area contributed by atoms with E-state index in [1.807, 2.05) is 0 Å². The third-order valence-corrected chi connectivity index (χ3v) is 6.68. The summed E-state index contributed by atoms with van der Waals surface area (Å²) in [7, 11) is 0. The molecule has 2 aromatic carbocycles. The lowest BCUT2D eigenvalue weighted by Crippen LogP contribution is -2.16. The van der Waals surface area contributed by atoms with Crippen molar-refractivity contribution < 1.29 is 22.4 Å². The molecular weight excluding hydrogens is 514 g/mol. The molecule has 1 aliphatic carbocycles. The van der Waals surface area contributed by atoms with Crippen molar-refractivity contribution in [3.05, 3.63) is 84.2 Å². The first-order valence-corrected chi connectivity index (χ1v) is 12.2. The summed E-state index contributed by atoms with van der Waals surface area (Å²) in [6.45, 7) is 0. The molecular formula is C27H21F4N7O. The Bertz CT molecular complexity index is 1680. The molecule has 6 rings (SSSR count). The number of fused-ring (bicyclic) bond motifs is 1. The van der Waals surface area contributed by atoms with Gasteiger partial charge in [-0.05, 0) is 53.9 Å². The number of hydrogen-bond donors (Lipinski definition) is 2. The van der Waals surface area contributed by atoms with E-state index in [0.29, 0.717) is 40.1 Å². The number of benzene rings is 2. The lowest BCUT2D eigenvalue weighted by atomic mass is 10.0. The summed E-state index contributed by atoms with van der Waals surface area (Å²) in [5, 5.41) is 6.95. The molecule has 198 valence electrons. The fourth-order valence-corrected chi connectivity index (χ4v) is 4.81. The molecule has 1 unspecified atom stereocenters. The Kier molecular flexibility index (Phi) is 6.09. The van der Waals surface area contributed by atoms with Gasteiger partial charge >= 0.3 is 0 Å². The summed E-state index contributed by atoms with van der Waals surface area (Å²) in [5.41, 5.74) is 2.78. The maximum absolute atomic E-state index is 14.5. The van der Waals surface area contributed by atoms with Crippen LogP contribution in [0.4, 0.5) is 23.4 Å². The van der Waals surface area contributed by atoms with Crippen molar-refractivity contribution in [1.29, 1.82) is 0 Å². The molecule has 8 nitrogen and oxygen atoms in total. The van der Waals surface area contributed by atoms with Gasteiger partial charge in [0, 0.05) is 30.5 Å². The molecule has 1 atom stereocenters. The number of amides is 1. The third kappa shape index (κ3) is 5.22. The van der Waals surface area contributed by atoms with Crippen LogP contribution in [-0.2, 0) is 11.2 Å². The minimum Gasteiger partial charge on any atom is -0.337 e. The number of carbonyl (C=O) groups excluding carboxylic acids is 1. The third-order valence-electron chi connectivity index (χ3n) is 6.68. The number of nitrogens with zero attached hydrogens (tertiary/aromatic N) is 5. The van der Waals surface area contributed by atoms with E-state index in [1.54, 1.807) is 30.6 Å². The van der Waals surface area contributed by atoms with Gasteiger partial charge in [0.05, 0.1) is 18.3 Å². The lowest BCUT2D eigenvalue weighted by molar-refractivity contribution is -0.115. The number of halogens is 4. The van der Waals surface area contributed by atoms with Crippen LogP contribution in [0.15, 0.2) is 61.2 Å². The molecule has 0 bridgehead atoms. The van der Waals surface area contributed by atoms with Crippen LogP contribution >= 0.6 is 0 Å². The van der Waals surface area contributed by atoms with E-state index in [2.05, 4.69) is 30.4 Å². The van der Waals surface area contributed by atoms with Crippen molar-refractivity contribution in [2.24, 2.45) is 0 Å². The number of aromatic nitrogens is 6. The number of aromatic amines is 1. The van der Waals surface area contributed by atoms with E-state index >= 15 is 0 Å². The van der Waals surface area contributed by atoms with Crippen LogP contribution in [0.5, 0.6) is 0 Å². The average Bonchev–Trinajstić information content (AvgIpc) is 3.62. The number of rotatable bonds is 6. The summed E-state index contributed by atoms with van der Waals surface area (Å²) < 4.78 is 56.6. The van der Waals surface area contributed by atoms with Crippen LogP contribution in [-0.4, -0.2) is 41.5 Å². The van der Waals surface area contributed by atoms with Gasteiger partial charge in [-0.3, -0.25) is 4.79 Å². The first kappa shape index (κ1) is 24.7. The number of H-pyrrole nitrogens is 1. The van der Waals surface area contributed by atoms with Crippen molar-refractivity contribution in [3.8, 4) is 16.8 Å². The monoisotopic (exact) mass is 535 g/mol. The van der Waals surface area contributed by atoms with Gasteiger partial charge in [0.15, 0.2) is 11.5 Å². The minimum atomic E-state index is -2.73. The molecule has 0 spiro atoms. The number of anilines is 1. The molecule has 0 aliphatic heterocycles. The highest BCUT2D eigenvalue weighted by atomic mass is 19.3. The Labute approximate surface area is 219 Å². The maximum atomic E-state index is 14.5. The van der Waals surface area contributed by atoms with E-state index < -0.39 is 23.6 Å². The van der Waals surface area contributed by atoms with Crippen LogP contribution in [0.2, 0.25) is 0 Å². The van der Waals surface area contributed by atoms with Crippen LogP contribution in [0.1, 0.15) is 36.6 Å². The second kappa shape index (κ2) is 9.61. The molecule has 0 saturated heterocycles. The van der Waals surface area contributed by atoms with Gasteiger partial charge in [0.25, 0.3) is 0 Å². The van der Waals surface area contributed by atoms with Crippen LogP contribution in [0, 0.1) is 11.6 Å². The van der Waals surface area contributed by atoms with Crippen molar-refractivity contribution in [1.82, 2.24) is 29.7 Å². The fraction of sp³-hybridized carbons (Fsp3) is 0.222. The summed E-state index contributed by atoms with van der Waals surface area (Å²) in [6.07, 6.45) is 4.10. The summed E-state index contributed by atoms with van der Waals surface area (Å²) >= 11 is 0. The number of hydrogen-bond acceptors (Lipinski definition) is 5. The minimum absolute atomic E-state index is 0.155. The highest BCUT2D eigenvalue weighted by Gasteiger charge is 2.41. The van der Waals surface area contributed by atoms with Gasteiger partial charge in [-0.1, -0.05) is 6.07 Å².